The van der Waals surface area contributed by atoms with Gasteiger partial charge in [0.1, 0.15) is 3.70 Å². The molecule has 7 heteroatoms. The molecular formula is C8H8F3IN2O. The lowest BCUT2D eigenvalue weighted by atomic mass is 10.2. The highest BCUT2D eigenvalue weighted by Crippen LogP contribution is 2.27. The number of halogens is 4. The van der Waals surface area contributed by atoms with E-state index in [1.165, 1.54) is 6.07 Å². The third-order valence-electron chi connectivity index (χ3n) is 1.61. The van der Waals surface area contributed by atoms with Gasteiger partial charge in [-0.2, -0.15) is 0 Å². The van der Waals surface area contributed by atoms with Crippen molar-refractivity contribution in [3.8, 4) is 5.75 Å². The Kier molecular flexibility index (Phi) is 3.77. The van der Waals surface area contributed by atoms with Gasteiger partial charge < -0.3 is 10.5 Å². The summed E-state index contributed by atoms with van der Waals surface area (Å²) in [5, 5.41) is 0. The molecule has 0 saturated carbocycles. The van der Waals surface area contributed by atoms with Crippen molar-refractivity contribution in [2.75, 3.05) is 0 Å². The maximum Gasteiger partial charge on any atom is 0.573 e. The number of nitrogens with zero attached hydrogens (tertiary/aromatic N) is 1. The number of aryl methyl sites for hydroxylation is 1. The van der Waals surface area contributed by atoms with Crippen molar-refractivity contribution >= 4 is 22.6 Å². The molecule has 84 valence electrons. The lowest BCUT2D eigenvalue weighted by molar-refractivity contribution is -0.275. The summed E-state index contributed by atoms with van der Waals surface area (Å²) in [5.74, 6) is -0.331. The van der Waals surface area contributed by atoms with Crippen molar-refractivity contribution in [3.05, 3.63) is 21.0 Å². The normalized spacial score (nSPS) is 11.6. The molecule has 1 aromatic heterocycles. The molecule has 3 nitrogen and oxygen atoms in total. The van der Waals surface area contributed by atoms with Gasteiger partial charge in [-0.1, -0.05) is 0 Å². The van der Waals surface area contributed by atoms with Crippen LogP contribution in [0.25, 0.3) is 0 Å². The third-order valence-corrected chi connectivity index (χ3v) is 2.70. The Morgan fingerprint density at radius 2 is 2.13 bits per heavy atom. The van der Waals surface area contributed by atoms with E-state index in [1.54, 1.807) is 6.92 Å². The number of ether oxygens (including phenoxy) is 1. The maximum absolute atomic E-state index is 12.0. The van der Waals surface area contributed by atoms with Gasteiger partial charge >= 0.3 is 6.36 Å². The van der Waals surface area contributed by atoms with Gasteiger partial charge in [0, 0.05) is 6.54 Å². The van der Waals surface area contributed by atoms with E-state index in [0.29, 0.717) is 9.26 Å². The van der Waals surface area contributed by atoms with E-state index >= 15 is 0 Å². The molecule has 0 atom stereocenters. The standard InChI is InChI=1S/C8H8F3IN2O/c1-4-2-6(15-8(9,10)11)5(3-13)14-7(4)12/h2H,3,13H2,1H3. The van der Waals surface area contributed by atoms with E-state index in [-0.39, 0.29) is 18.0 Å². The number of alkyl halides is 3. The SMILES string of the molecule is Cc1cc(OC(F)(F)F)c(CN)nc1I. The Hall–Kier alpha value is -0.570. The quantitative estimate of drug-likeness (QED) is 0.668. The molecule has 15 heavy (non-hydrogen) atoms. The fraction of sp³-hybridized carbons (Fsp3) is 0.375. The first-order valence-corrected chi connectivity index (χ1v) is 5.03. The summed E-state index contributed by atoms with van der Waals surface area (Å²) in [6.07, 6.45) is -4.72. The minimum atomic E-state index is -4.72. The Labute approximate surface area is 98.0 Å². The molecule has 0 aromatic carbocycles. The summed E-state index contributed by atoms with van der Waals surface area (Å²) in [4.78, 5) is 3.91. The Bertz CT molecular complexity index is 368. The second kappa shape index (κ2) is 4.52. The van der Waals surface area contributed by atoms with Crippen LogP contribution in [-0.4, -0.2) is 11.3 Å². The number of rotatable bonds is 2. The zero-order valence-electron chi connectivity index (χ0n) is 7.73. The minimum Gasteiger partial charge on any atom is -0.404 e. The van der Waals surface area contributed by atoms with Gasteiger partial charge in [-0.25, -0.2) is 4.98 Å². The molecule has 0 bridgehead atoms. The van der Waals surface area contributed by atoms with Crippen LogP contribution in [0.15, 0.2) is 6.07 Å². The van der Waals surface area contributed by atoms with E-state index in [1.807, 2.05) is 22.6 Å². The summed E-state index contributed by atoms with van der Waals surface area (Å²) in [6, 6.07) is 1.28. The smallest absolute Gasteiger partial charge is 0.404 e. The summed E-state index contributed by atoms with van der Waals surface area (Å²) < 4.78 is 40.4. The van der Waals surface area contributed by atoms with Crippen LogP contribution >= 0.6 is 22.6 Å². The van der Waals surface area contributed by atoms with Crippen molar-refractivity contribution in [3.63, 3.8) is 0 Å². The number of hydrogen-bond acceptors (Lipinski definition) is 3. The predicted molar refractivity (Wildman–Crippen MR) is 56.3 cm³/mol. The van der Waals surface area contributed by atoms with Crippen LogP contribution in [0, 0.1) is 10.6 Å². The van der Waals surface area contributed by atoms with Gasteiger partial charge in [0.2, 0.25) is 0 Å². The molecule has 0 radical (unpaired) electrons. The number of nitrogens with two attached hydrogens (primary N) is 1. The molecule has 1 heterocycles. The lowest BCUT2D eigenvalue weighted by Crippen LogP contribution is -2.19. The molecule has 0 amide bonds. The zero-order valence-corrected chi connectivity index (χ0v) is 9.89. The van der Waals surface area contributed by atoms with E-state index in [2.05, 4.69) is 9.72 Å². The maximum atomic E-state index is 12.0. The zero-order chi connectivity index (χ0) is 11.6. The van der Waals surface area contributed by atoms with Crippen molar-refractivity contribution in [2.24, 2.45) is 5.73 Å². The second-order valence-corrected chi connectivity index (χ2v) is 3.81. The van der Waals surface area contributed by atoms with Gasteiger partial charge in [0.15, 0.2) is 5.75 Å². The molecule has 0 aliphatic rings. The summed E-state index contributed by atoms with van der Waals surface area (Å²) in [5.41, 5.74) is 5.99. The van der Waals surface area contributed by atoms with Gasteiger partial charge in [-0.15, -0.1) is 13.2 Å². The average molecular weight is 332 g/mol. The molecule has 0 saturated heterocycles. The van der Waals surface area contributed by atoms with Crippen LogP contribution in [0.1, 0.15) is 11.3 Å². The van der Waals surface area contributed by atoms with Crippen LogP contribution < -0.4 is 10.5 Å². The van der Waals surface area contributed by atoms with Gasteiger partial charge in [0.05, 0.1) is 5.69 Å². The van der Waals surface area contributed by atoms with E-state index in [0.717, 1.165) is 0 Å². The van der Waals surface area contributed by atoms with Crippen molar-refractivity contribution in [1.29, 1.82) is 0 Å². The fourth-order valence-electron chi connectivity index (χ4n) is 0.961. The topological polar surface area (TPSA) is 48.1 Å². The number of aromatic nitrogens is 1. The molecule has 2 N–H and O–H groups in total. The summed E-state index contributed by atoms with van der Waals surface area (Å²) in [7, 11) is 0. The third kappa shape index (κ3) is 3.49. The monoisotopic (exact) mass is 332 g/mol. The van der Waals surface area contributed by atoms with Crippen molar-refractivity contribution < 1.29 is 17.9 Å². The lowest BCUT2D eigenvalue weighted by Gasteiger charge is -2.13. The van der Waals surface area contributed by atoms with Crippen molar-refractivity contribution in [2.45, 2.75) is 19.8 Å². The second-order valence-electron chi connectivity index (χ2n) is 2.79. The first-order valence-electron chi connectivity index (χ1n) is 3.95. The molecule has 0 aliphatic heterocycles. The minimum absolute atomic E-state index is 0.0955. The number of pyridine rings is 1. The molecule has 0 aliphatic carbocycles. The molecule has 1 aromatic rings. The highest BCUT2D eigenvalue weighted by atomic mass is 127. The van der Waals surface area contributed by atoms with E-state index in [4.69, 9.17) is 5.73 Å². The summed E-state index contributed by atoms with van der Waals surface area (Å²) >= 11 is 1.92. The van der Waals surface area contributed by atoms with Crippen molar-refractivity contribution in [1.82, 2.24) is 4.98 Å². The van der Waals surface area contributed by atoms with Gasteiger partial charge in [-0.05, 0) is 41.1 Å². The summed E-state index contributed by atoms with van der Waals surface area (Å²) in [6.45, 7) is 1.56. The predicted octanol–water partition coefficient (Wildman–Crippen LogP) is 2.35. The molecule has 0 spiro atoms. The first-order chi connectivity index (χ1) is 6.83. The molecule has 1 rings (SSSR count). The molecule has 0 unspecified atom stereocenters. The molecular weight excluding hydrogens is 324 g/mol. The first kappa shape index (κ1) is 12.5. The van der Waals surface area contributed by atoms with Gasteiger partial charge in [-0.3, -0.25) is 0 Å². The number of hydrogen-bond donors (Lipinski definition) is 1. The average Bonchev–Trinajstić information content (AvgIpc) is 2.08. The Balaban J connectivity index is 3.11. The van der Waals surface area contributed by atoms with Gasteiger partial charge in [0.25, 0.3) is 0 Å². The fourth-order valence-corrected chi connectivity index (χ4v) is 1.41. The van der Waals surface area contributed by atoms with E-state index < -0.39 is 6.36 Å². The highest BCUT2D eigenvalue weighted by molar-refractivity contribution is 14.1. The highest BCUT2D eigenvalue weighted by Gasteiger charge is 2.32. The van der Waals surface area contributed by atoms with Crippen LogP contribution in [-0.2, 0) is 6.54 Å². The van der Waals surface area contributed by atoms with Crippen LogP contribution in [0.3, 0.4) is 0 Å². The van der Waals surface area contributed by atoms with Crippen LogP contribution in [0.2, 0.25) is 0 Å². The van der Waals surface area contributed by atoms with Crippen LogP contribution in [0.4, 0.5) is 13.2 Å². The largest absolute Gasteiger partial charge is 0.573 e. The Morgan fingerprint density at radius 1 is 1.53 bits per heavy atom. The Morgan fingerprint density at radius 3 is 2.60 bits per heavy atom. The van der Waals surface area contributed by atoms with Crippen LogP contribution in [0.5, 0.6) is 5.75 Å². The van der Waals surface area contributed by atoms with E-state index in [9.17, 15) is 13.2 Å². The molecule has 0 fully saturated rings.